The Labute approximate surface area is 131 Å². The van der Waals surface area contributed by atoms with Gasteiger partial charge in [0.15, 0.2) is 0 Å². The van der Waals surface area contributed by atoms with E-state index in [0.29, 0.717) is 13.2 Å². The quantitative estimate of drug-likeness (QED) is 0.898. The molecule has 1 saturated heterocycles. The Balaban J connectivity index is 1.84. The van der Waals surface area contributed by atoms with Gasteiger partial charge in [-0.15, -0.1) is 0 Å². The van der Waals surface area contributed by atoms with Gasteiger partial charge in [0.1, 0.15) is 5.82 Å². The lowest BCUT2D eigenvalue weighted by Gasteiger charge is -2.29. The van der Waals surface area contributed by atoms with E-state index in [2.05, 4.69) is 10.6 Å². The molecule has 1 aromatic rings. The van der Waals surface area contributed by atoms with Crippen LogP contribution in [0.1, 0.15) is 39.2 Å². The number of amides is 2. The molecule has 1 aliphatic rings. The van der Waals surface area contributed by atoms with E-state index in [4.69, 9.17) is 4.74 Å². The minimum atomic E-state index is -0.331. The lowest BCUT2D eigenvalue weighted by Crippen LogP contribution is -2.48. The molecule has 0 aliphatic carbocycles. The molecule has 0 radical (unpaired) electrons. The summed E-state index contributed by atoms with van der Waals surface area (Å²) in [6.45, 7) is 7.11. The minimum Gasteiger partial charge on any atom is -0.378 e. The maximum atomic E-state index is 13.3. The van der Waals surface area contributed by atoms with Gasteiger partial charge in [-0.25, -0.2) is 9.18 Å². The molecule has 4 nitrogen and oxygen atoms in total. The van der Waals surface area contributed by atoms with Crippen molar-refractivity contribution in [3.05, 3.63) is 35.6 Å². The molecule has 2 atom stereocenters. The van der Waals surface area contributed by atoms with Crippen molar-refractivity contribution in [2.45, 2.75) is 51.2 Å². The van der Waals surface area contributed by atoms with Gasteiger partial charge in [0.05, 0.1) is 6.10 Å². The Bertz CT molecular complexity index is 519. The lowest BCUT2D eigenvalue weighted by atomic mass is 9.84. The highest BCUT2D eigenvalue weighted by Gasteiger charge is 2.24. The van der Waals surface area contributed by atoms with Gasteiger partial charge < -0.3 is 15.4 Å². The van der Waals surface area contributed by atoms with Crippen LogP contribution in [0.2, 0.25) is 0 Å². The highest BCUT2D eigenvalue weighted by molar-refractivity contribution is 5.74. The van der Waals surface area contributed by atoms with Crippen molar-refractivity contribution >= 4 is 6.03 Å². The molecule has 1 heterocycles. The van der Waals surface area contributed by atoms with Gasteiger partial charge >= 0.3 is 6.03 Å². The third-order valence-electron chi connectivity index (χ3n) is 4.12. The van der Waals surface area contributed by atoms with Crippen LogP contribution < -0.4 is 10.6 Å². The zero-order valence-electron chi connectivity index (χ0n) is 13.5. The fraction of sp³-hybridized carbons (Fsp3) is 0.588. The Kier molecular flexibility index (Phi) is 5.40. The molecule has 0 bridgehead atoms. The SMILES string of the molecule is C[C@@H]1C[C@H](NC(=O)NCC(C)(C)c2cccc(F)c2)CCO1. The predicted molar refractivity (Wildman–Crippen MR) is 84.4 cm³/mol. The Morgan fingerprint density at radius 1 is 1.45 bits per heavy atom. The predicted octanol–water partition coefficient (Wildman–Crippen LogP) is 2.97. The first-order valence-corrected chi connectivity index (χ1v) is 7.79. The molecule has 22 heavy (non-hydrogen) atoms. The van der Waals surface area contributed by atoms with E-state index >= 15 is 0 Å². The normalized spacial score (nSPS) is 22.2. The van der Waals surface area contributed by atoms with E-state index < -0.39 is 0 Å². The molecule has 5 heteroatoms. The number of carbonyl (C=O) groups excluding carboxylic acids is 1. The number of rotatable bonds is 4. The molecular weight excluding hydrogens is 283 g/mol. The summed E-state index contributed by atoms with van der Waals surface area (Å²) in [7, 11) is 0. The number of nitrogens with one attached hydrogen (secondary N) is 2. The molecule has 1 aromatic carbocycles. The molecule has 2 N–H and O–H groups in total. The van der Waals surface area contributed by atoms with Gasteiger partial charge in [-0.3, -0.25) is 0 Å². The fourth-order valence-corrected chi connectivity index (χ4v) is 2.68. The van der Waals surface area contributed by atoms with Crippen LogP contribution in [0.3, 0.4) is 0 Å². The Hall–Kier alpha value is -1.62. The van der Waals surface area contributed by atoms with Crippen molar-refractivity contribution in [3.8, 4) is 0 Å². The summed E-state index contributed by atoms with van der Waals surface area (Å²) in [5.41, 5.74) is 0.537. The molecule has 1 aliphatic heterocycles. The van der Waals surface area contributed by atoms with Crippen molar-refractivity contribution in [3.63, 3.8) is 0 Å². The van der Waals surface area contributed by atoms with E-state index in [9.17, 15) is 9.18 Å². The minimum absolute atomic E-state index is 0.154. The van der Waals surface area contributed by atoms with Crippen LogP contribution in [0.5, 0.6) is 0 Å². The van der Waals surface area contributed by atoms with E-state index in [0.717, 1.165) is 18.4 Å². The molecule has 0 aromatic heterocycles. The lowest BCUT2D eigenvalue weighted by molar-refractivity contribution is 0.0154. The van der Waals surface area contributed by atoms with E-state index in [1.54, 1.807) is 6.07 Å². The van der Waals surface area contributed by atoms with Crippen LogP contribution in [0.25, 0.3) is 0 Å². The van der Waals surface area contributed by atoms with Crippen LogP contribution in [-0.2, 0) is 10.2 Å². The maximum absolute atomic E-state index is 13.3. The fourth-order valence-electron chi connectivity index (χ4n) is 2.68. The molecule has 2 amide bonds. The zero-order valence-corrected chi connectivity index (χ0v) is 13.5. The largest absolute Gasteiger partial charge is 0.378 e. The molecular formula is C17H25FN2O2. The number of hydrogen-bond donors (Lipinski definition) is 2. The van der Waals surface area contributed by atoms with E-state index in [-0.39, 0.29) is 29.4 Å². The van der Waals surface area contributed by atoms with Gasteiger partial charge in [0.2, 0.25) is 0 Å². The molecule has 2 rings (SSSR count). The number of urea groups is 1. The van der Waals surface area contributed by atoms with Crippen LogP contribution in [-0.4, -0.2) is 31.3 Å². The molecule has 0 saturated carbocycles. The number of benzene rings is 1. The number of halogens is 1. The summed E-state index contributed by atoms with van der Waals surface area (Å²) in [5.74, 6) is -0.258. The molecule has 0 spiro atoms. The molecule has 1 fully saturated rings. The van der Waals surface area contributed by atoms with Gasteiger partial charge in [-0.05, 0) is 37.5 Å². The summed E-state index contributed by atoms with van der Waals surface area (Å²) in [6.07, 6.45) is 1.86. The third kappa shape index (κ3) is 4.70. The van der Waals surface area contributed by atoms with Crippen molar-refractivity contribution in [1.82, 2.24) is 10.6 Å². The second-order valence-electron chi connectivity index (χ2n) is 6.62. The van der Waals surface area contributed by atoms with Gasteiger partial charge in [0.25, 0.3) is 0 Å². The summed E-state index contributed by atoms with van der Waals surface area (Å²) >= 11 is 0. The van der Waals surface area contributed by atoms with E-state index in [1.165, 1.54) is 12.1 Å². The van der Waals surface area contributed by atoms with Crippen molar-refractivity contribution < 1.29 is 13.9 Å². The Morgan fingerprint density at radius 2 is 2.23 bits per heavy atom. The first kappa shape index (κ1) is 16.7. The number of hydrogen-bond acceptors (Lipinski definition) is 2. The van der Waals surface area contributed by atoms with Crippen molar-refractivity contribution in [2.75, 3.05) is 13.2 Å². The highest BCUT2D eigenvalue weighted by Crippen LogP contribution is 2.22. The Morgan fingerprint density at radius 3 is 2.91 bits per heavy atom. The van der Waals surface area contributed by atoms with Crippen LogP contribution in [0.15, 0.2) is 24.3 Å². The third-order valence-corrected chi connectivity index (χ3v) is 4.12. The second kappa shape index (κ2) is 7.09. The average Bonchev–Trinajstić information content (AvgIpc) is 2.45. The first-order chi connectivity index (χ1) is 10.4. The van der Waals surface area contributed by atoms with Crippen molar-refractivity contribution in [1.29, 1.82) is 0 Å². The highest BCUT2D eigenvalue weighted by atomic mass is 19.1. The summed E-state index contributed by atoms with van der Waals surface area (Å²) in [6, 6.07) is 6.48. The standard InChI is InChI=1S/C17H25FN2O2/c1-12-9-15(7-8-22-12)20-16(21)19-11-17(2,3)13-5-4-6-14(18)10-13/h4-6,10,12,15H,7-9,11H2,1-3H3,(H2,19,20,21)/t12-,15-/m1/s1. The van der Waals surface area contributed by atoms with Crippen LogP contribution in [0.4, 0.5) is 9.18 Å². The zero-order chi connectivity index (χ0) is 16.2. The number of ether oxygens (including phenoxy) is 1. The monoisotopic (exact) mass is 308 g/mol. The number of carbonyl (C=O) groups is 1. The summed E-state index contributed by atoms with van der Waals surface area (Å²) in [4.78, 5) is 12.0. The van der Waals surface area contributed by atoms with Gasteiger partial charge in [-0.1, -0.05) is 26.0 Å². The average molecular weight is 308 g/mol. The second-order valence-corrected chi connectivity index (χ2v) is 6.62. The molecule has 0 unspecified atom stereocenters. The first-order valence-electron chi connectivity index (χ1n) is 7.79. The van der Waals surface area contributed by atoms with Gasteiger partial charge in [-0.2, -0.15) is 0 Å². The smallest absolute Gasteiger partial charge is 0.315 e. The summed E-state index contributed by atoms with van der Waals surface area (Å²) in [5, 5.41) is 5.87. The summed E-state index contributed by atoms with van der Waals surface area (Å²) < 4.78 is 18.8. The van der Waals surface area contributed by atoms with E-state index in [1.807, 2.05) is 26.8 Å². The maximum Gasteiger partial charge on any atom is 0.315 e. The molecule has 122 valence electrons. The van der Waals surface area contributed by atoms with Crippen LogP contribution in [0, 0.1) is 5.82 Å². The van der Waals surface area contributed by atoms with Crippen LogP contribution >= 0.6 is 0 Å². The van der Waals surface area contributed by atoms with Gasteiger partial charge in [0, 0.05) is 24.6 Å². The topological polar surface area (TPSA) is 50.4 Å². The van der Waals surface area contributed by atoms with Crippen molar-refractivity contribution in [2.24, 2.45) is 0 Å².